The van der Waals surface area contributed by atoms with Crippen LogP contribution in [0.5, 0.6) is 0 Å². The molecule has 0 amide bonds. The number of carbonyl (C=O) groups excluding carboxylic acids is 1. The summed E-state index contributed by atoms with van der Waals surface area (Å²) in [5, 5.41) is 0. The Morgan fingerprint density at radius 3 is 2.21 bits per heavy atom. The smallest absolute Gasteiger partial charge is 0.168 e. The van der Waals surface area contributed by atoms with Crippen LogP contribution in [0.4, 0.5) is 0 Å². The van der Waals surface area contributed by atoms with Crippen molar-refractivity contribution in [2.24, 2.45) is 0 Å². The van der Waals surface area contributed by atoms with E-state index < -0.39 is 5.60 Å². The van der Waals surface area contributed by atoms with Crippen LogP contribution in [0.15, 0.2) is 18.2 Å². The Bertz CT molecular complexity index is 436. The van der Waals surface area contributed by atoms with Crippen LogP contribution in [0.25, 0.3) is 0 Å². The Morgan fingerprint density at radius 2 is 1.68 bits per heavy atom. The van der Waals surface area contributed by atoms with E-state index in [2.05, 4.69) is 32.0 Å². The quantitative estimate of drug-likeness (QED) is 0.824. The Hall–Kier alpha value is -1.15. The van der Waals surface area contributed by atoms with Crippen LogP contribution in [0, 0.1) is 13.8 Å². The van der Waals surface area contributed by atoms with E-state index >= 15 is 0 Å². The predicted molar refractivity (Wildman–Crippen MR) is 77.5 cm³/mol. The molecule has 0 radical (unpaired) electrons. The molecule has 2 heteroatoms. The van der Waals surface area contributed by atoms with Gasteiger partial charge in [0, 0.05) is 13.5 Å². The van der Waals surface area contributed by atoms with Gasteiger partial charge in [-0.25, -0.2) is 0 Å². The molecular formula is C17H24O2. The zero-order chi connectivity index (χ0) is 13.9. The highest BCUT2D eigenvalue weighted by molar-refractivity contribution is 5.89. The van der Waals surface area contributed by atoms with E-state index in [0.717, 1.165) is 31.2 Å². The number of hydrogen-bond acceptors (Lipinski definition) is 2. The van der Waals surface area contributed by atoms with Crippen molar-refractivity contribution < 1.29 is 9.53 Å². The van der Waals surface area contributed by atoms with Crippen molar-refractivity contribution >= 4 is 5.78 Å². The highest BCUT2D eigenvalue weighted by Gasteiger charge is 2.38. The van der Waals surface area contributed by atoms with Crippen molar-refractivity contribution in [3.63, 3.8) is 0 Å². The highest BCUT2D eigenvalue weighted by Crippen LogP contribution is 2.33. The van der Waals surface area contributed by atoms with Gasteiger partial charge in [0.15, 0.2) is 5.78 Å². The number of ether oxygens (including phenoxy) is 1. The molecule has 1 saturated carbocycles. The molecule has 0 unspecified atom stereocenters. The maximum atomic E-state index is 12.6. The van der Waals surface area contributed by atoms with Gasteiger partial charge < -0.3 is 4.74 Å². The molecule has 0 aliphatic heterocycles. The van der Waals surface area contributed by atoms with Gasteiger partial charge in [-0.15, -0.1) is 0 Å². The lowest BCUT2D eigenvalue weighted by molar-refractivity contribution is -0.144. The largest absolute Gasteiger partial charge is 0.370 e. The molecule has 0 saturated heterocycles. The van der Waals surface area contributed by atoms with Gasteiger partial charge >= 0.3 is 0 Å². The molecule has 1 aromatic rings. The number of benzene rings is 1. The van der Waals surface area contributed by atoms with Crippen molar-refractivity contribution in [2.75, 3.05) is 7.11 Å². The van der Waals surface area contributed by atoms with Crippen LogP contribution < -0.4 is 0 Å². The van der Waals surface area contributed by atoms with Gasteiger partial charge in [-0.3, -0.25) is 4.79 Å². The molecule has 104 valence electrons. The van der Waals surface area contributed by atoms with E-state index in [0.29, 0.717) is 6.42 Å². The second-order valence-electron chi connectivity index (χ2n) is 5.85. The molecule has 0 atom stereocenters. The molecule has 0 heterocycles. The number of hydrogen-bond donors (Lipinski definition) is 0. The van der Waals surface area contributed by atoms with E-state index in [-0.39, 0.29) is 5.78 Å². The fourth-order valence-corrected chi connectivity index (χ4v) is 3.24. The first kappa shape index (κ1) is 14.3. The average Bonchev–Trinajstić information content (AvgIpc) is 2.38. The first-order valence-corrected chi connectivity index (χ1v) is 7.21. The lowest BCUT2D eigenvalue weighted by Gasteiger charge is -2.34. The van der Waals surface area contributed by atoms with Crippen LogP contribution in [0.2, 0.25) is 0 Å². The average molecular weight is 260 g/mol. The first-order valence-electron chi connectivity index (χ1n) is 7.21. The molecule has 0 bridgehead atoms. The topological polar surface area (TPSA) is 26.3 Å². The molecule has 0 spiro atoms. The zero-order valence-corrected chi connectivity index (χ0v) is 12.3. The molecule has 1 aromatic carbocycles. The SMILES string of the molecule is COC1(C(=O)Cc2cc(C)cc(C)c2)CCCCC1. The van der Waals surface area contributed by atoms with Crippen molar-refractivity contribution in [2.45, 2.75) is 58.0 Å². The van der Waals surface area contributed by atoms with Crippen molar-refractivity contribution in [1.82, 2.24) is 0 Å². The summed E-state index contributed by atoms with van der Waals surface area (Å²) in [6.07, 6.45) is 5.69. The Morgan fingerprint density at radius 1 is 1.11 bits per heavy atom. The van der Waals surface area contributed by atoms with Crippen LogP contribution in [0.1, 0.15) is 48.8 Å². The molecule has 0 aromatic heterocycles. The zero-order valence-electron chi connectivity index (χ0n) is 12.3. The number of ketones is 1. The predicted octanol–water partition coefficient (Wildman–Crippen LogP) is 3.76. The summed E-state index contributed by atoms with van der Waals surface area (Å²) in [5.41, 5.74) is 3.04. The summed E-state index contributed by atoms with van der Waals surface area (Å²) in [7, 11) is 1.69. The summed E-state index contributed by atoms with van der Waals surface area (Å²) < 4.78 is 5.62. The molecule has 2 nitrogen and oxygen atoms in total. The Labute approximate surface area is 116 Å². The summed E-state index contributed by atoms with van der Waals surface area (Å²) >= 11 is 0. The van der Waals surface area contributed by atoms with Gasteiger partial charge in [-0.2, -0.15) is 0 Å². The van der Waals surface area contributed by atoms with E-state index in [4.69, 9.17) is 4.74 Å². The van der Waals surface area contributed by atoms with Gasteiger partial charge in [-0.05, 0) is 32.3 Å². The molecule has 2 rings (SSSR count). The number of rotatable bonds is 4. The van der Waals surface area contributed by atoms with Crippen molar-refractivity contribution in [1.29, 1.82) is 0 Å². The summed E-state index contributed by atoms with van der Waals surface area (Å²) in [5.74, 6) is 0.250. The van der Waals surface area contributed by atoms with E-state index in [9.17, 15) is 4.79 Å². The van der Waals surface area contributed by atoms with Gasteiger partial charge in [-0.1, -0.05) is 48.6 Å². The summed E-state index contributed by atoms with van der Waals surface area (Å²) in [6.45, 7) is 4.15. The second kappa shape index (κ2) is 5.87. The second-order valence-corrected chi connectivity index (χ2v) is 5.85. The fourth-order valence-electron chi connectivity index (χ4n) is 3.24. The van der Waals surface area contributed by atoms with Crippen LogP contribution >= 0.6 is 0 Å². The maximum absolute atomic E-state index is 12.6. The molecule has 1 aliphatic carbocycles. The minimum Gasteiger partial charge on any atom is -0.370 e. The van der Waals surface area contributed by atoms with Gasteiger partial charge in [0.1, 0.15) is 5.60 Å². The number of methoxy groups -OCH3 is 1. The molecule has 1 fully saturated rings. The summed E-state index contributed by atoms with van der Waals surface area (Å²) in [4.78, 5) is 12.6. The lowest BCUT2D eigenvalue weighted by atomic mass is 9.79. The summed E-state index contributed by atoms with van der Waals surface area (Å²) in [6, 6.07) is 6.36. The Kier molecular flexibility index (Phi) is 4.41. The molecular weight excluding hydrogens is 236 g/mol. The normalized spacial score (nSPS) is 18.3. The standard InChI is InChI=1S/C17H24O2/c1-13-9-14(2)11-15(10-13)12-16(18)17(19-3)7-5-4-6-8-17/h9-11H,4-8,12H2,1-3H3. The molecule has 19 heavy (non-hydrogen) atoms. The minimum atomic E-state index is -0.518. The minimum absolute atomic E-state index is 0.250. The Balaban J connectivity index is 2.14. The number of carbonyl (C=O) groups is 1. The van der Waals surface area contributed by atoms with Crippen molar-refractivity contribution in [3.8, 4) is 0 Å². The monoisotopic (exact) mass is 260 g/mol. The maximum Gasteiger partial charge on any atom is 0.168 e. The highest BCUT2D eigenvalue weighted by atomic mass is 16.5. The molecule has 0 N–H and O–H groups in total. The molecule has 1 aliphatic rings. The van der Waals surface area contributed by atoms with E-state index in [1.54, 1.807) is 7.11 Å². The van der Waals surface area contributed by atoms with Gasteiger partial charge in [0.2, 0.25) is 0 Å². The number of aryl methyl sites for hydroxylation is 2. The van der Waals surface area contributed by atoms with E-state index in [1.165, 1.54) is 17.5 Å². The van der Waals surface area contributed by atoms with Crippen LogP contribution in [-0.4, -0.2) is 18.5 Å². The lowest BCUT2D eigenvalue weighted by Crippen LogP contribution is -2.43. The van der Waals surface area contributed by atoms with Crippen molar-refractivity contribution in [3.05, 3.63) is 34.9 Å². The van der Waals surface area contributed by atoms with Gasteiger partial charge in [0.05, 0.1) is 0 Å². The third-order valence-electron chi connectivity index (χ3n) is 4.21. The van der Waals surface area contributed by atoms with Crippen LogP contribution in [0.3, 0.4) is 0 Å². The third-order valence-corrected chi connectivity index (χ3v) is 4.21. The van der Waals surface area contributed by atoms with Crippen LogP contribution in [-0.2, 0) is 16.0 Å². The first-order chi connectivity index (χ1) is 9.05. The third kappa shape index (κ3) is 3.24. The van der Waals surface area contributed by atoms with Gasteiger partial charge in [0.25, 0.3) is 0 Å². The number of Topliss-reactive ketones (excluding diaryl/α,β-unsaturated/α-hetero) is 1. The fraction of sp³-hybridized carbons (Fsp3) is 0.588. The van der Waals surface area contributed by atoms with E-state index in [1.807, 2.05) is 0 Å².